The predicted octanol–water partition coefficient (Wildman–Crippen LogP) is 4.67. The van der Waals surface area contributed by atoms with E-state index in [1.54, 1.807) is 12.1 Å². The number of rotatable bonds is 6. The summed E-state index contributed by atoms with van der Waals surface area (Å²) in [6.45, 7) is 0. The van der Waals surface area contributed by atoms with Crippen LogP contribution in [0.15, 0.2) is 60.7 Å². The van der Waals surface area contributed by atoms with Crippen molar-refractivity contribution in [3.8, 4) is 5.75 Å². The van der Waals surface area contributed by atoms with E-state index in [-0.39, 0.29) is 11.3 Å². The van der Waals surface area contributed by atoms with Crippen LogP contribution < -0.4 is 0 Å². The van der Waals surface area contributed by atoms with E-state index < -0.39 is 29.7 Å². The normalized spacial score (nSPS) is 12.0. The quantitative estimate of drug-likeness (QED) is 0.602. The molecule has 0 saturated carbocycles. The Morgan fingerprint density at radius 1 is 0.885 bits per heavy atom. The third-order valence-corrected chi connectivity index (χ3v) is 3.42. The minimum absolute atomic E-state index is 0.0907. The number of carbonyl (C=O) groups excluding carboxylic acids is 2. The molecule has 3 nitrogen and oxygen atoms in total. The van der Waals surface area contributed by atoms with Crippen LogP contribution in [-0.4, -0.2) is 16.7 Å². The van der Waals surface area contributed by atoms with Gasteiger partial charge < -0.3 is 5.11 Å². The zero-order valence-electron chi connectivity index (χ0n) is 13.5. The molecule has 0 unspecified atom stereocenters. The van der Waals surface area contributed by atoms with Gasteiger partial charge in [0.1, 0.15) is 5.75 Å². The molecule has 0 bridgehead atoms. The second-order valence-electron chi connectivity index (χ2n) is 5.45. The van der Waals surface area contributed by atoms with E-state index in [1.165, 1.54) is 42.5 Å². The van der Waals surface area contributed by atoms with Gasteiger partial charge in [-0.15, -0.1) is 0 Å². The number of benzene rings is 2. The Labute approximate surface area is 148 Å². The largest absolute Gasteiger partial charge is 0.508 e. The molecular weight excluding hydrogens is 345 g/mol. The molecule has 2 aromatic carbocycles. The maximum Gasteiger partial charge on any atom is 0.416 e. The summed E-state index contributed by atoms with van der Waals surface area (Å²) in [6.07, 6.45) is -0.246. The van der Waals surface area contributed by atoms with E-state index in [1.807, 2.05) is 0 Å². The van der Waals surface area contributed by atoms with Gasteiger partial charge in [0, 0.05) is 0 Å². The van der Waals surface area contributed by atoms with Crippen molar-refractivity contribution in [3.05, 3.63) is 77.4 Å². The summed E-state index contributed by atoms with van der Waals surface area (Å²) < 4.78 is 38.6. The van der Waals surface area contributed by atoms with Crippen molar-refractivity contribution < 1.29 is 27.9 Å². The third kappa shape index (κ3) is 5.73. The molecule has 0 aliphatic rings. The van der Waals surface area contributed by atoms with Crippen molar-refractivity contribution in [1.82, 2.24) is 0 Å². The molecule has 0 saturated heterocycles. The molecule has 0 atom stereocenters. The zero-order valence-corrected chi connectivity index (χ0v) is 13.5. The number of carbonyl (C=O) groups is 2. The summed E-state index contributed by atoms with van der Waals surface area (Å²) in [4.78, 5) is 23.5. The molecule has 2 rings (SSSR count). The molecule has 6 heteroatoms. The van der Waals surface area contributed by atoms with E-state index in [0.717, 1.165) is 18.2 Å². The fourth-order valence-electron chi connectivity index (χ4n) is 2.15. The lowest BCUT2D eigenvalue weighted by Crippen LogP contribution is -2.07. The highest BCUT2D eigenvalue weighted by molar-refractivity contribution is 6.10. The first-order valence-electron chi connectivity index (χ1n) is 7.63. The van der Waals surface area contributed by atoms with E-state index in [0.29, 0.717) is 5.56 Å². The smallest absolute Gasteiger partial charge is 0.416 e. The molecular formula is C20H15F3O3. The highest BCUT2D eigenvalue weighted by Crippen LogP contribution is 2.32. The Morgan fingerprint density at radius 3 is 2.08 bits per heavy atom. The Kier molecular flexibility index (Phi) is 6.11. The molecule has 0 radical (unpaired) electrons. The zero-order chi connectivity index (χ0) is 19.2. The van der Waals surface area contributed by atoms with Gasteiger partial charge >= 0.3 is 6.18 Å². The van der Waals surface area contributed by atoms with Gasteiger partial charge in [0.25, 0.3) is 0 Å². The van der Waals surface area contributed by atoms with Gasteiger partial charge in [-0.25, -0.2) is 0 Å². The molecule has 0 aromatic heterocycles. The van der Waals surface area contributed by atoms with Gasteiger partial charge in [-0.2, -0.15) is 13.2 Å². The number of hydrogen-bond acceptors (Lipinski definition) is 3. The summed E-state index contributed by atoms with van der Waals surface area (Å²) in [6, 6.07) is 11.0. The molecule has 0 aliphatic heterocycles. The van der Waals surface area contributed by atoms with E-state index in [9.17, 15) is 22.8 Å². The Bertz CT molecular complexity index is 847. The van der Waals surface area contributed by atoms with Crippen LogP contribution >= 0.6 is 0 Å². The number of aromatic hydroxyl groups is 1. The van der Waals surface area contributed by atoms with Crippen LogP contribution in [0.2, 0.25) is 0 Å². The van der Waals surface area contributed by atoms with Crippen LogP contribution in [0, 0.1) is 0 Å². The predicted molar refractivity (Wildman–Crippen MR) is 92.2 cm³/mol. The van der Waals surface area contributed by atoms with Crippen LogP contribution in [0.4, 0.5) is 13.2 Å². The van der Waals surface area contributed by atoms with Gasteiger partial charge in [-0.05, 0) is 41.5 Å². The standard InChI is InChI=1S/C20H15F3O3/c21-20(22,23)19-4-2-1-3-15(19)8-12-18(26)13-17(25)11-7-14-5-9-16(24)10-6-14/h1-12,24H,13H2. The first-order chi connectivity index (χ1) is 12.3. The van der Waals surface area contributed by atoms with E-state index in [4.69, 9.17) is 5.11 Å². The minimum Gasteiger partial charge on any atom is -0.508 e. The summed E-state index contributed by atoms with van der Waals surface area (Å²) in [5.74, 6) is -0.980. The first-order valence-corrected chi connectivity index (χ1v) is 7.63. The topological polar surface area (TPSA) is 54.4 Å². The maximum absolute atomic E-state index is 12.9. The summed E-state index contributed by atoms with van der Waals surface area (Å²) in [7, 11) is 0. The van der Waals surface area contributed by atoms with Crippen molar-refractivity contribution in [2.45, 2.75) is 12.6 Å². The minimum atomic E-state index is -4.52. The van der Waals surface area contributed by atoms with Gasteiger partial charge in [0.15, 0.2) is 11.6 Å². The average molecular weight is 360 g/mol. The van der Waals surface area contributed by atoms with Crippen LogP contribution in [0.5, 0.6) is 5.75 Å². The monoisotopic (exact) mass is 360 g/mol. The Morgan fingerprint density at radius 2 is 1.46 bits per heavy atom. The molecule has 26 heavy (non-hydrogen) atoms. The average Bonchev–Trinajstić information content (AvgIpc) is 2.59. The molecule has 0 fully saturated rings. The van der Waals surface area contributed by atoms with Crippen molar-refractivity contribution in [2.75, 3.05) is 0 Å². The third-order valence-electron chi connectivity index (χ3n) is 3.42. The molecule has 0 amide bonds. The van der Waals surface area contributed by atoms with E-state index >= 15 is 0 Å². The molecule has 0 aliphatic carbocycles. The van der Waals surface area contributed by atoms with Crippen molar-refractivity contribution in [3.63, 3.8) is 0 Å². The number of ketones is 2. The lowest BCUT2D eigenvalue weighted by Gasteiger charge is -2.09. The molecule has 134 valence electrons. The number of phenolic OH excluding ortho intramolecular Hbond substituents is 1. The van der Waals surface area contributed by atoms with Crippen molar-refractivity contribution in [2.24, 2.45) is 0 Å². The molecule has 2 aromatic rings. The Balaban J connectivity index is 1.99. The number of phenols is 1. The maximum atomic E-state index is 12.9. The number of alkyl halides is 3. The number of halogens is 3. The van der Waals surface area contributed by atoms with Crippen LogP contribution in [-0.2, 0) is 15.8 Å². The number of allylic oxidation sites excluding steroid dienone is 2. The highest BCUT2D eigenvalue weighted by Gasteiger charge is 2.32. The fraction of sp³-hybridized carbons (Fsp3) is 0.100. The number of hydrogen-bond donors (Lipinski definition) is 1. The SMILES string of the molecule is O=C(C=Cc1ccc(O)cc1)CC(=O)C=Cc1ccccc1C(F)(F)F. The molecule has 1 N–H and O–H groups in total. The molecule has 0 heterocycles. The second kappa shape index (κ2) is 8.29. The van der Waals surface area contributed by atoms with Crippen LogP contribution in [0.3, 0.4) is 0 Å². The van der Waals surface area contributed by atoms with Gasteiger partial charge in [0.05, 0.1) is 12.0 Å². The lowest BCUT2D eigenvalue weighted by molar-refractivity contribution is -0.137. The van der Waals surface area contributed by atoms with Crippen LogP contribution in [0.1, 0.15) is 23.1 Å². The fourth-order valence-corrected chi connectivity index (χ4v) is 2.15. The first kappa shape index (κ1) is 19.2. The van der Waals surface area contributed by atoms with Crippen LogP contribution in [0.25, 0.3) is 12.2 Å². The Hall–Kier alpha value is -3.15. The lowest BCUT2D eigenvalue weighted by atomic mass is 10.1. The summed E-state index contributed by atoms with van der Waals surface area (Å²) >= 11 is 0. The van der Waals surface area contributed by atoms with Gasteiger partial charge in [-0.3, -0.25) is 9.59 Å². The molecule has 0 spiro atoms. The van der Waals surface area contributed by atoms with Crippen molar-refractivity contribution in [1.29, 1.82) is 0 Å². The van der Waals surface area contributed by atoms with E-state index in [2.05, 4.69) is 0 Å². The van der Waals surface area contributed by atoms with Crippen molar-refractivity contribution >= 4 is 23.7 Å². The summed E-state index contributed by atoms with van der Waals surface area (Å²) in [5.41, 5.74) is -0.318. The highest BCUT2D eigenvalue weighted by atomic mass is 19.4. The van der Waals surface area contributed by atoms with Gasteiger partial charge in [0.2, 0.25) is 0 Å². The summed E-state index contributed by atoms with van der Waals surface area (Å²) in [5, 5.41) is 9.16. The second-order valence-corrected chi connectivity index (χ2v) is 5.45. The van der Waals surface area contributed by atoms with Gasteiger partial charge in [-0.1, -0.05) is 42.5 Å².